The summed E-state index contributed by atoms with van der Waals surface area (Å²) in [5.74, 6) is -0.799. The van der Waals surface area contributed by atoms with Gasteiger partial charge in [-0.2, -0.15) is 4.31 Å². The van der Waals surface area contributed by atoms with Crippen LogP contribution in [0.4, 0.5) is 5.69 Å². The van der Waals surface area contributed by atoms with Crippen molar-refractivity contribution in [3.8, 4) is 0 Å². The quantitative estimate of drug-likeness (QED) is 0.829. The molecule has 2 saturated heterocycles. The van der Waals surface area contributed by atoms with Crippen LogP contribution in [0.15, 0.2) is 23.1 Å². The summed E-state index contributed by atoms with van der Waals surface area (Å²) >= 11 is 5.82. The molecule has 6 nitrogen and oxygen atoms in total. The van der Waals surface area contributed by atoms with Crippen LogP contribution in [0.1, 0.15) is 12.8 Å². The van der Waals surface area contributed by atoms with Gasteiger partial charge < -0.3 is 15.2 Å². The number of ether oxygens (including phenoxy) is 2. The Morgan fingerprint density at radius 1 is 1.29 bits per heavy atom. The van der Waals surface area contributed by atoms with Crippen LogP contribution in [-0.4, -0.2) is 44.8 Å². The van der Waals surface area contributed by atoms with Crippen molar-refractivity contribution in [2.75, 3.05) is 32.0 Å². The van der Waals surface area contributed by atoms with Gasteiger partial charge >= 0.3 is 0 Å². The molecule has 21 heavy (non-hydrogen) atoms. The lowest BCUT2D eigenvalue weighted by Crippen LogP contribution is -2.50. The molecule has 116 valence electrons. The second-order valence-electron chi connectivity index (χ2n) is 5.23. The fourth-order valence-electron chi connectivity index (χ4n) is 2.78. The number of hydrogen-bond donors (Lipinski definition) is 1. The van der Waals surface area contributed by atoms with E-state index in [1.165, 1.54) is 22.5 Å². The van der Waals surface area contributed by atoms with Crippen LogP contribution in [0.25, 0.3) is 0 Å². The molecule has 1 spiro atoms. The largest absolute Gasteiger partial charge is 0.398 e. The van der Waals surface area contributed by atoms with E-state index >= 15 is 0 Å². The molecule has 2 aliphatic heterocycles. The van der Waals surface area contributed by atoms with Gasteiger partial charge in [-0.3, -0.25) is 0 Å². The van der Waals surface area contributed by atoms with Crippen LogP contribution >= 0.6 is 11.6 Å². The van der Waals surface area contributed by atoms with Crippen LogP contribution < -0.4 is 5.73 Å². The average Bonchev–Trinajstić information content (AvgIpc) is 2.86. The highest BCUT2D eigenvalue weighted by Crippen LogP contribution is 2.34. The number of nitrogens with two attached hydrogens (primary N) is 1. The number of benzene rings is 1. The second kappa shape index (κ2) is 5.40. The third-order valence-corrected chi connectivity index (χ3v) is 5.94. The van der Waals surface area contributed by atoms with Crippen molar-refractivity contribution < 1.29 is 17.9 Å². The zero-order chi connectivity index (χ0) is 15.1. The Hall–Kier alpha value is -0.860. The molecule has 1 aromatic rings. The molecule has 2 fully saturated rings. The highest BCUT2D eigenvalue weighted by Gasteiger charge is 2.44. The highest BCUT2D eigenvalue weighted by molar-refractivity contribution is 7.89. The van der Waals surface area contributed by atoms with E-state index in [2.05, 4.69) is 0 Å². The summed E-state index contributed by atoms with van der Waals surface area (Å²) in [4.78, 5) is 0.0712. The van der Waals surface area contributed by atoms with Crippen LogP contribution in [-0.2, 0) is 19.5 Å². The fourth-order valence-corrected chi connectivity index (χ4v) is 4.57. The lowest BCUT2D eigenvalue weighted by Gasteiger charge is -2.37. The maximum atomic E-state index is 12.8. The van der Waals surface area contributed by atoms with Gasteiger partial charge in [0, 0.05) is 18.0 Å². The zero-order valence-corrected chi connectivity index (χ0v) is 13.0. The van der Waals surface area contributed by atoms with Crippen molar-refractivity contribution >= 4 is 27.3 Å². The molecule has 8 heteroatoms. The molecular weight excluding hydrogens is 316 g/mol. The first-order valence-corrected chi connectivity index (χ1v) is 8.58. The van der Waals surface area contributed by atoms with Crippen molar-refractivity contribution in [2.24, 2.45) is 0 Å². The summed E-state index contributed by atoms with van der Waals surface area (Å²) in [6.07, 6.45) is 1.39. The molecule has 2 N–H and O–H groups in total. The first-order valence-electron chi connectivity index (χ1n) is 6.76. The number of rotatable bonds is 2. The highest BCUT2D eigenvalue weighted by atomic mass is 35.5. The fraction of sp³-hybridized carbons (Fsp3) is 0.538. The summed E-state index contributed by atoms with van der Waals surface area (Å²) < 4.78 is 38.1. The van der Waals surface area contributed by atoms with Gasteiger partial charge in [0.1, 0.15) is 4.90 Å². The van der Waals surface area contributed by atoms with Crippen LogP contribution in [0, 0.1) is 0 Å². The Labute approximate surface area is 128 Å². The van der Waals surface area contributed by atoms with Gasteiger partial charge in [-0.05, 0) is 24.6 Å². The maximum absolute atomic E-state index is 12.8. The normalized spacial score (nSPS) is 22.7. The Bertz CT molecular complexity index is 644. The lowest BCUT2D eigenvalue weighted by molar-refractivity contribution is -0.179. The standard InChI is InChI=1S/C13H17ClN2O4S/c14-10-2-3-12(11(15)8-10)21(17,18)16-5-1-4-13(9-16)19-6-7-20-13/h2-3,8H,1,4-7,9,15H2. The Morgan fingerprint density at radius 2 is 2.00 bits per heavy atom. The van der Waals surface area contributed by atoms with E-state index in [0.717, 1.165) is 0 Å². The number of nitrogen functional groups attached to an aromatic ring is 1. The number of hydrogen-bond acceptors (Lipinski definition) is 5. The Balaban J connectivity index is 1.90. The minimum Gasteiger partial charge on any atom is -0.398 e. The summed E-state index contributed by atoms with van der Waals surface area (Å²) in [6.45, 7) is 1.62. The summed E-state index contributed by atoms with van der Waals surface area (Å²) in [6, 6.07) is 4.40. The number of piperidine rings is 1. The summed E-state index contributed by atoms with van der Waals surface area (Å²) in [7, 11) is -3.68. The van der Waals surface area contributed by atoms with Crippen molar-refractivity contribution in [1.82, 2.24) is 4.31 Å². The van der Waals surface area contributed by atoms with E-state index in [9.17, 15) is 8.42 Å². The minimum absolute atomic E-state index is 0.0712. The average molecular weight is 333 g/mol. The van der Waals surface area contributed by atoms with E-state index in [0.29, 0.717) is 37.6 Å². The molecule has 0 radical (unpaired) electrons. The SMILES string of the molecule is Nc1cc(Cl)ccc1S(=O)(=O)N1CCCC2(C1)OCCO2. The van der Waals surface area contributed by atoms with E-state index < -0.39 is 15.8 Å². The number of sulfonamides is 1. The molecule has 2 heterocycles. The lowest BCUT2D eigenvalue weighted by atomic mass is 10.1. The minimum atomic E-state index is -3.68. The monoisotopic (exact) mass is 332 g/mol. The molecule has 0 unspecified atom stereocenters. The predicted octanol–water partition coefficient (Wildman–Crippen LogP) is 1.45. The Morgan fingerprint density at radius 3 is 2.67 bits per heavy atom. The van der Waals surface area contributed by atoms with Gasteiger partial charge in [-0.15, -0.1) is 0 Å². The van der Waals surface area contributed by atoms with Gasteiger partial charge in [-0.25, -0.2) is 8.42 Å². The van der Waals surface area contributed by atoms with Crippen molar-refractivity contribution in [1.29, 1.82) is 0 Å². The summed E-state index contributed by atoms with van der Waals surface area (Å²) in [5.41, 5.74) is 5.95. The smallest absolute Gasteiger partial charge is 0.245 e. The summed E-state index contributed by atoms with van der Waals surface area (Å²) in [5, 5.41) is 0.407. The van der Waals surface area contributed by atoms with Gasteiger partial charge in [-0.1, -0.05) is 11.6 Å². The third kappa shape index (κ3) is 2.76. The molecule has 3 rings (SSSR count). The van der Waals surface area contributed by atoms with Gasteiger partial charge in [0.25, 0.3) is 0 Å². The van der Waals surface area contributed by atoms with Gasteiger partial charge in [0.2, 0.25) is 10.0 Å². The topological polar surface area (TPSA) is 81.9 Å². The number of halogens is 1. The molecule has 0 atom stereocenters. The first kappa shape index (κ1) is 15.1. The number of nitrogens with zero attached hydrogens (tertiary/aromatic N) is 1. The Kier molecular flexibility index (Phi) is 3.87. The molecule has 1 aromatic carbocycles. The van der Waals surface area contributed by atoms with Crippen LogP contribution in [0.2, 0.25) is 5.02 Å². The molecule has 0 saturated carbocycles. The van der Waals surface area contributed by atoms with E-state index in [-0.39, 0.29) is 17.1 Å². The molecule has 0 bridgehead atoms. The van der Waals surface area contributed by atoms with Crippen molar-refractivity contribution in [3.63, 3.8) is 0 Å². The van der Waals surface area contributed by atoms with Gasteiger partial charge in [0.05, 0.1) is 25.4 Å². The first-order chi connectivity index (χ1) is 9.93. The second-order valence-corrected chi connectivity index (χ2v) is 7.57. The molecular formula is C13H17ClN2O4S. The molecule has 0 amide bonds. The van der Waals surface area contributed by atoms with E-state index in [1.54, 1.807) is 0 Å². The van der Waals surface area contributed by atoms with Crippen molar-refractivity contribution in [2.45, 2.75) is 23.5 Å². The van der Waals surface area contributed by atoms with Crippen molar-refractivity contribution in [3.05, 3.63) is 23.2 Å². The molecule has 0 aromatic heterocycles. The molecule has 0 aliphatic carbocycles. The molecule has 2 aliphatic rings. The maximum Gasteiger partial charge on any atom is 0.245 e. The predicted molar refractivity (Wildman–Crippen MR) is 78.5 cm³/mol. The van der Waals surface area contributed by atoms with Crippen LogP contribution in [0.5, 0.6) is 0 Å². The third-order valence-electron chi connectivity index (χ3n) is 3.79. The zero-order valence-electron chi connectivity index (χ0n) is 11.4. The van der Waals surface area contributed by atoms with E-state index in [4.69, 9.17) is 26.8 Å². The number of anilines is 1. The van der Waals surface area contributed by atoms with Gasteiger partial charge in [0.15, 0.2) is 5.79 Å². The van der Waals surface area contributed by atoms with E-state index in [1.807, 2.05) is 0 Å². The van der Waals surface area contributed by atoms with Crippen LogP contribution in [0.3, 0.4) is 0 Å².